The van der Waals surface area contributed by atoms with E-state index in [1.54, 1.807) is 25.7 Å². The minimum atomic E-state index is -3.84. The zero-order valence-corrected chi connectivity index (χ0v) is 32.6. The summed E-state index contributed by atoms with van der Waals surface area (Å²) in [4.78, 5) is 72.4. The molecular formula is C39H54N4O10S. The first kappa shape index (κ1) is 38.4. The summed E-state index contributed by atoms with van der Waals surface area (Å²) in [5.74, 6) is -1.12. The van der Waals surface area contributed by atoms with Crippen molar-refractivity contribution in [3.05, 3.63) is 29.3 Å². The molecule has 3 heterocycles. The third kappa shape index (κ3) is 7.92. The number of hydrogen-bond donors (Lipinski definition) is 2. The molecule has 1 aromatic carbocycles. The lowest BCUT2D eigenvalue weighted by Gasteiger charge is -2.35. The lowest BCUT2D eigenvalue weighted by atomic mass is 9.85. The molecule has 1 aromatic rings. The molecule has 6 aliphatic rings. The van der Waals surface area contributed by atoms with Gasteiger partial charge in [-0.15, -0.1) is 0 Å². The zero-order valence-electron chi connectivity index (χ0n) is 31.8. The second kappa shape index (κ2) is 14.3. The molecule has 2 N–H and O–H groups in total. The molecule has 3 aliphatic carbocycles. The van der Waals surface area contributed by atoms with E-state index in [1.807, 2.05) is 25.1 Å². The Morgan fingerprint density at radius 1 is 1.04 bits per heavy atom. The fourth-order valence-electron chi connectivity index (χ4n) is 8.54. The molecule has 4 fully saturated rings. The summed E-state index contributed by atoms with van der Waals surface area (Å²) < 4.78 is 45.7. The Morgan fingerprint density at radius 2 is 1.80 bits per heavy atom. The number of ether oxygens (including phenoxy) is 3. The molecule has 4 bridgehead atoms. The first-order valence-electron chi connectivity index (χ1n) is 19.6. The Morgan fingerprint density at radius 3 is 2.46 bits per heavy atom. The zero-order chi connectivity index (χ0) is 38.6. The highest BCUT2D eigenvalue weighted by Crippen LogP contribution is 2.58. The van der Waals surface area contributed by atoms with Crippen molar-refractivity contribution in [2.24, 2.45) is 22.2 Å². The number of hydrogen-bond acceptors (Lipinski definition) is 10. The second-order valence-corrected chi connectivity index (χ2v) is 19.6. The van der Waals surface area contributed by atoms with Crippen molar-refractivity contribution in [3.63, 3.8) is 0 Å². The van der Waals surface area contributed by atoms with Crippen molar-refractivity contribution >= 4 is 39.8 Å². The van der Waals surface area contributed by atoms with Crippen LogP contribution in [0.2, 0.25) is 0 Å². The van der Waals surface area contributed by atoms with Gasteiger partial charge in [-0.2, -0.15) is 0 Å². The number of benzene rings is 1. The van der Waals surface area contributed by atoms with E-state index >= 15 is 0 Å². The third-order valence-electron chi connectivity index (χ3n) is 12.4. The van der Waals surface area contributed by atoms with Crippen molar-refractivity contribution in [2.75, 3.05) is 19.8 Å². The molecule has 0 radical (unpaired) electrons. The number of nitrogens with zero attached hydrogens (tertiary/aromatic N) is 2. The van der Waals surface area contributed by atoms with Crippen LogP contribution in [0.3, 0.4) is 0 Å². The average Bonchev–Trinajstić information content (AvgIpc) is 4.07. The van der Waals surface area contributed by atoms with Crippen LogP contribution in [0.25, 0.3) is 0 Å². The quantitative estimate of drug-likeness (QED) is 0.399. The van der Waals surface area contributed by atoms with Crippen LogP contribution in [0.1, 0.15) is 109 Å². The summed E-state index contributed by atoms with van der Waals surface area (Å²) in [6.07, 6.45) is 3.93. The van der Waals surface area contributed by atoms with E-state index in [1.165, 1.54) is 4.90 Å². The maximum absolute atomic E-state index is 14.6. The number of fused-ring (bicyclic) bond motifs is 3. The number of nitrogens with one attached hydrogen (secondary N) is 2. The minimum Gasteiger partial charge on any atom is -0.493 e. The van der Waals surface area contributed by atoms with E-state index in [0.29, 0.717) is 45.4 Å². The predicted octanol–water partition coefficient (Wildman–Crippen LogP) is 4.58. The molecule has 3 saturated carbocycles. The molecule has 1 unspecified atom stereocenters. The molecular weight excluding hydrogens is 717 g/mol. The van der Waals surface area contributed by atoms with E-state index in [2.05, 4.69) is 10.0 Å². The summed E-state index contributed by atoms with van der Waals surface area (Å²) in [5.41, 5.74) is -0.230. The summed E-state index contributed by atoms with van der Waals surface area (Å²) in [7, 11) is -3.84. The Kier molecular flexibility index (Phi) is 10.2. The predicted molar refractivity (Wildman–Crippen MR) is 195 cm³/mol. The fourth-order valence-corrected chi connectivity index (χ4v) is 9.92. The molecule has 5 atom stereocenters. The van der Waals surface area contributed by atoms with E-state index in [-0.39, 0.29) is 37.3 Å². The molecule has 1 spiro atoms. The first-order valence-corrected chi connectivity index (χ1v) is 21.1. The number of carbonyl (C=O) groups is 5. The van der Waals surface area contributed by atoms with E-state index < -0.39 is 74.1 Å². The molecule has 296 valence electrons. The Hall–Kier alpha value is -3.88. The maximum Gasteiger partial charge on any atom is 0.410 e. The van der Waals surface area contributed by atoms with Gasteiger partial charge < -0.3 is 24.4 Å². The van der Waals surface area contributed by atoms with Crippen LogP contribution >= 0.6 is 0 Å². The van der Waals surface area contributed by atoms with Gasteiger partial charge in [0.1, 0.15) is 17.9 Å². The van der Waals surface area contributed by atoms with E-state index in [0.717, 1.165) is 49.0 Å². The van der Waals surface area contributed by atoms with Gasteiger partial charge in [-0.25, -0.2) is 18.0 Å². The molecule has 14 nitrogen and oxygen atoms in total. The van der Waals surface area contributed by atoms with Gasteiger partial charge in [-0.1, -0.05) is 46.2 Å². The third-order valence-corrected chi connectivity index (χ3v) is 14.3. The van der Waals surface area contributed by atoms with Crippen LogP contribution < -0.4 is 14.8 Å². The smallest absolute Gasteiger partial charge is 0.410 e. The molecule has 15 heteroatoms. The van der Waals surface area contributed by atoms with Crippen LogP contribution in [0.15, 0.2) is 18.2 Å². The highest BCUT2D eigenvalue weighted by molar-refractivity contribution is 7.90. The minimum absolute atomic E-state index is 0.00977. The fraction of sp³-hybridized carbons (Fsp3) is 0.718. The van der Waals surface area contributed by atoms with Gasteiger partial charge in [-0.05, 0) is 74.3 Å². The maximum atomic E-state index is 14.6. The van der Waals surface area contributed by atoms with Crippen molar-refractivity contribution in [2.45, 2.75) is 135 Å². The monoisotopic (exact) mass is 770 g/mol. The van der Waals surface area contributed by atoms with Crippen molar-refractivity contribution < 1.29 is 46.6 Å². The lowest BCUT2D eigenvalue weighted by Crippen LogP contribution is -2.57. The highest BCUT2D eigenvalue weighted by Gasteiger charge is 2.62. The van der Waals surface area contributed by atoms with E-state index in [9.17, 15) is 32.4 Å². The van der Waals surface area contributed by atoms with Crippen LogP contribution in [0, 0.1) is 22.2 Å². The largest absolute Gasteiger partial charge is 0.493 e. The lowest BCUT2D eigenvalue weighted by molar-refractivity contribution is -0.142. The Labute approximate surface area is 317 Å². The van der Waals surface area contributed by atoms with E-state index in [4.69, 9.17) is 14.2 Å². The Balaban J connectivity index is 1.15. The van der Waals surface area contributed by atoms with Crippen LogP contribution in [-0.4, -0.2) is 91.2 Å². The van der Waals surface area contributed by atoms with Gasteiger partial charge in [-0.3, -0.25) is 24.0 Å². The highest BCUT2D eigenvalue weighted by atomic mass is 32.2. The van der Waals surface area contributed by atoms with Crippen molar-refractivity contribution in [1.29, 1.82) is 0 Å². The normalized spacial score (nSPS) is 30.0. The Bertz CT molecular complexity index is 1800. The molecule has 7 rings (SSSR count). The standard InChI is InChI=1S/C39H54N4O10S/c1-5-25-18-39(25,34(46)41-54(49,50)27-11-12-27)19-30(44)29-17-26-21-43(29)33(45)32(37(2,3)4)40-35(47)52-23-38(14-15-38)13-6-7-16-51-31-10-8-9-24-20-42(22-28(24)31)36(48)53-26/h8-10,25-27,29,32H,5-7,11-23H2,1-4H3,(H,40,47)(H,41,46)/t25-,26+,29?,32+,39-/m0/s1. The first-order chi connectivity index (χ1) is 25.5. The van der Waals surface area contributed by atoms with Gasteiger partial charge in [0, 0.05) is 30.4 Å². The topological polar surface area (TPSA) is 178 Å². The number of rotatable bonds is 7. The van der Waals surface area contributed by atoms with Gasteiger partial charge in [0.25, 0.3) is 0 Å². The number of Topliss-reactive ketones (excluding diaryl/α,β-unsaturated/α-hetero) is 1. The van der Waals surface area contributed by atoms with Crippen LogP contribution in [-0.2, 0) is 47.0 Å². The molecule has 54 heavy (non-hydrogen) atoms. The number of alkyl carbamates (subject to hydrolysis) is 1. The SMILES string of the molecule is CC[C@H]1C[C@@]1(CC(=O)C1C[C@@H]2CN1C(=O)[C@H](C(C)(C)C)NC(=O)OCC1(CCCCOc3cccc4c3CN(C4)C(=O)O2)CC1)C(=O)NS(=O)(=O)C1CC1. The molecule has 0 aromatic heterocycles. The molecule has 3 aliphatic heterocycles. The second-order valence-electron chi connectivity index (χ2n) is 17.6. The van der Waals surface area contributed by atoms with Gasteiger partial charge in [0.15, 0.2) is 5.78 Å². The summed E-state index contributed by atoms with van der Waals surface area (Å²) in [6, 6.07) is 3.59. The van der Waals surface area contributed by atoms with Crippen molar-refractivity contribution in [1.82, 2.24) is 19.8 Å². The van der Waals surface area contributed by atoms with Crippen LogP contribution in [0.5, 0.6) is 5.75 Å². The number of cyclic esters (lactones) is 1. The summed E-state index contributed by atoms with van der Waals surface area (Å²) in [5, 5.41) is 2.18. The molecule has 1 saturated heterocycles. The summed E-state index contributed by atoms with van der Waals surface area (Å²) >= 11 is 0. The van der Waals surface area contributed by atoms with Gasteiger partial charge in [0.2, 0.25) is 21.8 Å². The number of sulfonamides is 1. The summed E-state index contributed by atoms with van der Waals surface area (Å²) in [6.45, 7) is 8.57. The molecule has 4 amide bonds. The van der Waals surface area contributed by atoms with Crippen molar-refractivity contribution in [3.8, 4) is 5.75 Å². The van der Waals surface area contributed by atoms with Crippen LogP contribution in [0.4, 0.5) is 9.59 Å². The van der Waals surface area contributed by atoms with Gasteiger partial charge in [0.05, 0.1) is 43.0 Å². The number of carbonyl (C=O) groups excluding carboxylic acids is 5. The number of ketones is 1. The average molecular weight is 771 g/mol. The van der Waals surface area contributed by atoms with Gasteiger partial charge >= 0.3 is 12.2 Å². The number of amides is 4.